The number of aryl methyl sites for hydroxylation is 1. The van der Waals surface area contributed by atoms with Crippen molar-refractivity contribution in [3.05, 3.63) is 35.1 Å². The first-order valence-corrected chi connectivity index (χ1v) is 8.65. The van der Waals surface area contributed by atoms with Crippen molar-refractivity contribution in [3.63, 3.8) is 0 Å². The third-order valence-electron chi connectivity index (χ3n) is 4.66. The van der Waals surface area contributed by atoms with Gasteiger partial charge < -0.3 is 20.7 Å². The van der Waals surface area contributed by atoms with Gasteiger partial charge >= 0.3 is 0 Å². The molecular formula is C17H19Cl2N5O3. The number of aromatic nitrogens is 2. The van der Waals surface area contributed by atoms with E-state index in [1.54, 1.807) is 23.0 Å². The Balaban J connectivity index is 0.00000210. The Kier molecular flexibility index (Phi) is 5.59. The van der Waals surface area contributed by atoms with Crippen molar-refractivity contribution >= 4 is 47.2 Å². The van der Waals surface area contributed by atoms with Gasteiger partial charge in [0.25, 0.3) is 5.91 Å². The van der Waals surface area contributed by atoms with Gasteiger partial charge in [-0.1, -0.05) is 11.6 Å². The summed E-state index contributed by atoms with van der Waals surface area (Å²) >= 11 is 6.27. The molecule has 1 aromatic carbocycles. The third-order valence-corrected chi connectivity index (χ3v) is 4.98. The molecule has 2 aliphatic heterocycles. The van der Waals surface area contributed by atoms with E-state index < -0.39 is 0 Å². The second-order valence-corrected chi connectivity index (χ2v) is 6.88. The molecule has 2 aliphatic rings. The fourth-order valence-corrected chi connectivity index (χ4v) is 3.57. The minimum atomic E-state index is -0.235. The van der Waals surface area contributed by atoms with Crippen LogP contribution in [0.3, 0.4) is 0 Å². The van der Waals surface area contributed by atoms with E-state index in [1.807, 2.05) is 13.2 Å². The summed E-state index contributed by atoms with van der Waals surface area (Å²) in [6.45, 7) is 1.25. The first-order valence-electron chi connectivity index (χ1n) is 8.27. The van der Waals surface area contributed by atoms with E-state index in [9.17, 15) is 9.59 Å². The van der Waals surface area contributed by atoms with Gasteiger partial charge in [0.2, 0.25) is 5.91 Å². The number of hydrogen-bond donors (Lipinski definition) is 3. The minimum absolute atomic E-state index is 0. The predicted molar refractivity (Wildman–Crippen MR) is 104 cm³/mol. The number of nitrogens with zero attached hydrogens (tertiary/aromatic N) is 2. The van der Waals surface area contributed by atoms with Crippen molar-refractivity contribution in [3.8, 4) is 5.75 Å². The highest BCUT2D eigenvalue weighted by atomic mass is 35.5. The van der Waals surface area contributed by atoms with Crippen LogP contribution in [0, 0.1) is 5.92 Å². The molecule has 0 spiro atoms. The van der Waals surface area contributed by atoms with Crippen LogP contribution in [0.1, 0.15) is 11.5 Å². The first kappa shape index (κ1) is 19.5. The normalized spacial score (nSPS) is 20.9. The van der Waals surface area contributed by atoms with E-state index in [0.29, 0.717) is 28.7 Å². The Morgan fingerprint density at radius 1 is 1.41 bits per heavy atom. The number of hydrogen-bond acceptors (Lipinski definition) is 5. The average Bonchev–Trinajstić information content (AvgIpc) is 3.24. The van der Waals surface area contributed by atoms with Crippen molar-refractivity contribution in [2.24, 2.45) is 13.0 Å². The van der Waals surface area contributed by atoms with Crippen molar-refractivity contribution in [1.29, 1.82) is 0 Å². The maximum absolute atomic E-state index is 12.8. The van der Waals surface area contributed by atoms with Gasteiger partial charge in [-0.25, -0.2) is 0 Å². The lowest BCUT2D eigenvalue weighted by atomic mass is 9.90. The summed E-state index contributed by atoms with van der Waals surface area (Å²) in [7, 11) is 1.85. The third kappa shape index (κ3) is 3.87. The molecule has 1 aromatic heterocycles. The summed E-state index contributed by atoms with van der Waals surface area (Å²) in [5.74, 6) is -0.0486. The molecule has 0 saturated carbocycles. The maximum atomic E-state index is 12.8. The van der Waals surface area contributed by atoms with Crippen LogP contribution in [0.2, 0.25) is 5.02 Å². The zero-order chi connectivity index (χ0) is 18.3. The molecule has 2 aromatic rings. The summed E-state index contributed by atoms with van der Waals surface area (Å²) in [6.07, 6.45) is 3.72. The Bertz CT molecular complexity index is 885. The number of amides is 2. The molecule has 1 fully saturated rings. The molecular weight excluding hydrogens is 393 g/mol. The lowest BCUT2D eigenvalue weighted by Crippen LogP contribution is -2.28. The smallest absolute Gasteiger partial charge is 0.262 e. The molecule has 3 N–H and O–H groups in total. The van der Waals surface area contributed by atoms with Crippen LogP contribution in [0.4, 0.5) is 11.4 Å². The van der Waals surface area contributed by atoms with Gasteiger partial charge in [0.05, 0.1) is 28.5 Å². The number of ether oxygens (including phenoxy) is 1. The van der Waals surface area contributed by atoms with Crippen LogP contribution >= 0.6 is 24.0 Å². The summed E-state index contributed by atoms with van der Waals surface area (Å²) in [5.41, 5.74) is 1.99. The zero-order valence-corrected chi connectivity index (χ0v) is 16.1. The van der Waals surface area contributed by atoms with E-state index in [4.69, 9.17) is 16.3 Å². The summed E-state index contributed by atoms with van der Waals surface area (Å²) in [6, 6.07) is 3.21. The van der Waals surface area contributed by atoms with Crippen LogP contribution in [0.25, 0.3) is 0 Å². The van der Waals surface area contributed by atoms with Gasteiger partial charge in [0.15, 0.2) is 6.61 Å². The summed E-state index contributed by atoms with van der Waals surface area (Å²) in [5, 5.41) is 13.4. The van der Waals surface area contributed by atoms with E-state index in [0.717, 1.165) is 12.1 Å². The quantitative estimate of drug-likeness (QED) is 0.714. The largest absolute Gasteiger partial charge is 0.482 e. The van der Waals surface area contributed by atoms with Gasteiger partial charge in [-0.2, -0.15) is 5.10 Å². The fraction of sp³-hybridized carbons (Fsp3) is 0.353. The van der Waals surface area contributed by atoms with Crippen LogP contribution in [0.5, 0.6) is 5.75 Å². The van der Waals surface area contributed by atoms with Crippen LogP contribution < -0.4 is 20.7 Å². The molecule has 2 amide bonds. The van der Waals surface area contributed by atoms with Crippen LogP contribution in [-0.4, -0.2) is 41.3 Å². The Hall–Kier alpha value is -2.29. The molecule has 0 radical (unpaired) electrons. The fourth-order valence-electron chi connectivity index (χ4n) is 3.36. The Morgan fingerprint density at radius 2 is 2.22 bits per heavy atom. The molecule has 144 valence electrons. The Morgan fingerprint density at radius 3 is 2.96 bits per heavy atom. The van der Waals surface area contributed by atoms with Gasteiger partial charge in [0, 0.05) is 38.3 Å². The minimum Gasteiger partial charge on any atom is -0.482 e. The number of carbonyl (C=O) groups is 2. The topological polar surface area (TPSA) is 97.3 Å². The number of carbonyl (C=O) groups excluding carboxylic acids is 2. The van der Waals surface area contributed by atoms with Crippen molar-refractivity contribution < 1.29 is 14.3 Å². The number of anilines is 2. The number of rotatable bonds is 3. The lowest BCUT2D eigenvalue weighted by molar-refractivity contribution is -0.120. The highest BCUT2D eigenvalue weighted by Crippen LogP contribution is 2.37. The lowest BCUT2D eigenvalue weighted by Gasteiger charge is -2.21. The Labute approximate surface area is 167 Å². The van der Waals surface area contributed by atoms with E-state index in [1.165, 1.54) is 0 Å². The second kappa shape index (κ2) is 7.75. The molecule has 0 aliphatic carbocycles. The molecule has 2 atom stereocenters. The highest BCUT2D eigenvalue weighted by Gasteiger charge is 2.35. The van der Waals surface area contributed by atoms with Crippen molar-refractivity contribution in [1.82, 2.24) is 15.1 Å². The van der Waals surface area contributed by atoms with Gasteiger partial charge in [-0.05, 0) is 11.6 Å². The van der Waals surface area contributed by atoms with Gasteiger partial charge in [-0.15, -0.1) is 12.4 Å². The van der Waals surface area contributed by atoms with E-state index in [2.05, 4.69) is 21.0 Å². The predicted octanol–water partition coefficient (Wildman–Crippen LogP) is 1.77. The molecule has 27 heavy (non-hydrogen) atoms. The first-order chi connectivity index (χ1) is 12.5. The summed E-state index contributed by atoms with van der Waals surface area (Å²) in [4.78, 5) is 24.2. The molecule has 4 rings (SSSR count). The molecule has 8 nitrogen and oxygen atoms in total. The van der Waals surface area contributed by atoms with Crippen LogP contribution in [-0.2, 0) is 16.6 Å². The SMILES string of the molecule is Cl.Cn1cc([C@H]2CNC[C@@H]2C(=O)Nc2cc3c(cc2Cl)NC(=O)CO3)cn1. The molecule has 0 unspecified atom stereocenters. The zero-order valence-electron chi connectivity index (χ0n) is 14.5. The monoisotopic (exact) mass is 411 g/mol. The van der Waals surface area contributed by atoms with Crippen molar-refractivity contribution in [2.75, 3.05) is 30.3 Å². The molecule has 1 saturated heterocycles. The van der Waals surface area contributed by atoms with Gasteiger partial charge in [0.1, 0.15) is 5.75 Å². The molecule has 0 bridgehead atoms. The van der Waals surface area contributed by atoms with E-state index >= 15 is 0 Å². The number of fused-ring (bicyclic) bond motifs is 1. The standard InChI is InChI=1S/C17H18ClN5O3.ClH/c1-23-7-9(4-20-23)10-5-19-6-11(10)17(25)22-13-3-15-14(2-12(13)18)21-16(24)8-26-15;/h2-4,7,10-11,19H,5-6,8H2,1H3,(H,21,24)(H,22,25);1H/t10-,11+;/m1./s1. The maximum Gasteiger partial charge on any atom is 0.262 e. The molecule has 3 heterocycles. The van der Waals surface area contributed by atoms with Crippen molar-refractivity contribution in [2.45, 2.75) is 5.92 Å². The van der Waals surface area contributed by atoms with E-state index in [-0.39, 0.29) is 42.7 Å². The number of nitrogens with one attached hydrogen (secondary N) is 3. The average molecular weight is 412 g/mol. The highest BCUT2D eigenvalue weighted by molar-refractivity contribution is 6.34. The van der Waals surface area contributed by atoms with Crippen LogP contribution in [0.15, 0.2) is 24.5 Å². The number of benzene rings is 1. The second-order valence-electron chi connectivity index (χ2n) is 6.47. The molecule has 10 heteroatoms. The van der Waals surface area contributed by atoms with Gasteiger partial charge in [-0.3, -0.25) is 14.3 Å². The summed E-state index contributed by atoms with van der Waals surface area (Å²) < 4.78 is 7.12. The number of halogens is 2.